The van der Waals surface area contributed by atoms with Gasteiger partial charge in [-0.2, -0.15) is 0 Å². The lowest BCUT2D eigenvalue weighted by Crippen LogP contribution is -2.55. The number of rotatable bonds is 9. The van der Waals surface area contributed by atoms with Crippen molar-refractivity contribution in [3.63, 3.8) is 0 Å². The van der Waals surface area contributed by atoms with Crippen molar-refractivity contribution in [3.8, 4) is 0 Å². The summed E-state index contributed by atoms with van der Waals surface area (Å²) in [6.07, 6.45) is 10.6. The number of ether oxygens (including phenoxy) is 3. The first-order valence-electron chi connectivity index (χ1n) is 20.6. The number of piperidine rings is 2. The lowest BCUT2D eigenvalue weighted by atomic mass is 9.79. The van der Waals surface area contributed by atoms with Crippen LogP contribution in [-0.2, 0) is 23.8 Å². The van der Waals surface area contributed by atoms with Crippen LogP contribution in [0.25, 0.3) is 0 Å². The molecule has 0 amide bonds. The van der Waals surface area contributed by atoms with Crippen molar-refractivity contribution >= 4 is 11.8 Å². The van der Waals surface area contributed by atoms with Crippen molar-refractivity contribution < 1.29 is 34.0 Å². The second kappa shape index (κ2) is 20.9. The lowest BCUT2D eigenvalue weighted by Gasteiger charge is -2.44. The van der Waals surface area contributed by atoms with E-state index >= 15 is 0 Å². The quantitative estimate of drug-likeness (QED) is 0.297. The van der Waals surface area contributed by atoms with Gasteiger partial charge in [-0.3, -0.25) is 9.59 Å². The molecule has 3 fully saturated rings. The van der Waals surface area contributed by atoms with Crippen molar-refractivity contribution in [1.82, 2.24) is 14.7 Å². The summed E-state index contributed by atoms with van der Waals surface area (Å²) in [6, 6.07) is -0.156. The predicted molar refractivity (Wildman–Crippen MR) is 206 cm³/mol. The number of carbonyl (C=O) groups is 2. The zero-order valence-corrected chi connectivity index (χ0v) is 33.8. The number of aliphatic hydroxyl groups is 2. The van der Waals surface area contributed by atoms with Crippen LogP contribution in [0.2, 0.25) is 0 Å². The Hall–Kier alpha value is -1.66. The molecule has 10 heteroatoms. The van der Waals surface area contributed by atoms with Crippen LogP contribution < -0.4 is 0 Å². The molecule has 4 rings (SSSR count). The maximum absolute atomic E-state index is 13.8. The highest BCUT2D eigenvalue weighted by Gasteiger charge is 2.42. The molecule has 0 aromatic heterocycles. The van der Waals surface area contributed by atoms with Crippen LogP contribution in [0.4, 0.5) is 0 Å². The Kier molecular flexibility index (Phi) is 17.3. The van der Waals surface area contributed by atoms with Gasteiger partial charge in [-0.05, 0) is 124 Å². The fourth-order valence-corrected chi connectivity index (χ4v) is 8.84. The zero-order chi connectivity index (χ0) is 37.9. The number of carbonyl (C=O) groups excluding carboxylic acids is 2. The van der Waals surface area contributed by atoms with Gasteiger partial charge in [0, 0.05) is 36.8 Å². The molecular formula is C42H73N3O7. The average Bonchev–Trinajstić information content (AvgIpc) is 3.11. The van der Waals surface area contributed by atoms with Gasteiger partial charge in [0.05, 0.1) is 30.8 Å². The standard InChI is InChI=1S/C42H73N3O7/c1-9-38-34(27-45-20-15-28(2)16-21-45)23-29(3)13-14-36(46)30(4)24-33(17-22-44-18-11-10-12-19-44)42(31(5)37(47)26-39(48)51-38)52-40-25-35(43(7)8)41(49)32(6)50-40/h13-14,23,28,30-35,37-38,40-42,47,49H,9-12,15-22,24-27H2,1-8H3/b14-13+,29-23+. The molecule has 2 N–H and O–H groups in total. The largest absolute Gasteiger partial charge is 0.462 e. The van der Waals surface area contributed by atoms with Gasteiger partial charge in [-0.1, -0.05) is 51.8 Å². The van der Waals surface area contributed by atoms with Crippen LogP contribution in [0.5, 0.6) is 0 Å². The molecule has 3 saturated heterocycles. The maximum atomic E-state index is 13.8. The van der Waals surface area contributed by atoms with E-state index in [0.717, 1.165) is 70.0 Å². The van der Waals surface area contributed by atoms with Gasteiger partial charge in [-0.25, -0.2) is 0 Å². The molecule has 4 aliphatic heterocycles. The van der Waals surface area contributed by atoms with E-state index in [1.165, 1.54) is 19.3 Å². The highest BCUT2D eigenvalue weighted by Crippen LogP contribution is 2.35. The third-order valence-electron chi connectivity index (χ3n) is 12.5. The van der Waals surface area contributed by atoms with E-state index in [0.29, 0.717) is 19.3 Å². The van der Waals surface area contributed by atoms with Gasteiger partial charge >= 0.3 is 5.97 Å². The first kappa shape index (κ1) is 43.1. The first-order valence-corrected chi connectivity index (χ1v) is 20.6. The molecule has 52 heavy (non-hydrogen) atoms. The number of esters is 1. The minimum absolute atomic E-state index is 0.0392. The summed E-state index contributed by atoms with van der Waals surface area (Å²) >= 11 is 0. The van der Waals surface area contributed by atoms with E-state index in [1.807, 2.05) is 59.7 Å². The average molecular weight is 732 g/mol. The smallest absolute Gasteiger partial charge is 0.308 e. The van der Waals surface area contributed by atoms with Crippen LogP contribution in [-0.4, -0.2) is 133 Å². The summed E-state index contributed by atoms with van der Waals surface area (Å²) in [5.74, 6) is -0.431. The van der Waals surface area contributed by atoms with E-state index < -0.39 is 42.6 Å². The second-order valence-corrected chi connectivity index (χ2v) is 17.1. The number of likely N-dealkylation sites (tertiary alicyclic amines) is 2. The van der Waals surface area contributed by atoms with Gasteiger partial charge in [-0.15, -0.1) is 0 Å². The van der Waals surface area contributed by atoms with Crippen molar-refractivity contribution in [2.75, 3.05) is 53.4 Å². The normalized spacial score (nSPS) is 39.2. The summed E-state index contributed by atoms with van der Waals surface area (Å²) in [4.78, 5) is 34.5. The van der Waals surface area contributed by atoms with Crippen molar-refractivity contribution in [3.05, 3.63) is 23.8 Å². The molecule has 4 aliphatic rings. The molecule has 0 aromatic carbocycles. The lowest BCUT2D eigenvalue weighted by molar-refractivity contribution is -0.265. The number of nitrogens with zero attached hydrogens (tertiary/aromatic N) is 3. The maximum Gasteiger partial charge on any atom is 0.308 e. The molecular weight excluding hydrogens is 658 g/mol. The van der Waals surface area contributed by atoms with Gasteiger partial charge in [0.2, 0.25) is 0 Å². The predicted octanol–water partition coefficient (Wildman–Crippen LogP) is 5.46. The van der Waals surface area contributed by atoms with Crippen molar-refractivity contribution in [2.24, 2.45) is 29.6 Å². The second-order valence-electron chi connectivity index (χ2n) is 17.1. The number of likely N-dealkylation sites (N-methyl/N-ethyl adjacent to an activating group) is 1. The molecule has 298 valence electrons. The van der Waals surface area contributed by atoms with Gasteiger partial charge in [0.15, 0.2) is 12.1 Å². The minimum Gasteiger partial charge on any atom is -0.462 e. The molecule has 10 nitrogen and oxygen atoms in total. The number of aliphatic hydroxyl groups excluding tert-OH is 2. The number of allylic oxidation sites excluding steroid dienone is 3. The molecule has 0 aliphatic carbocycles. The SMILES string of the molecule is CCC1OC(=O)CC(O)C(C)C(OC2CC(N(C)C)C(O)C(C)O2)C(CCN2CCCCC2)CC(C)C(=O)/C=C/C(C)=C/C1CN1CCC(C)CC1. The monoisotopic (exact) mass is 732 g/mol. The van der Waals surface area contributed by atoms with Gasteiger partial charge in [0.25, 0.3) is 0 Å². The number of hydrogen-bond acceptors (Lipinski definition) is 10. The van der Waals surface area contributed by atoms with Gasteiger partial charge in [0.1, 0.15) is 6.10 Å². The minimum atomic E-state index is -1.01. The molecule has 0 spiro atoms. The Morgan fingerprint density at radius 1 is 0.942 bits per heavy atom. The zero-order valence-electron chi connectivity index (χ0n) is 33.8. The highest BCUT2D eigenvalue weighted by atomic mass is 16.7. The topological polar surface area (TPSA) is 112 Å². The Bertz CT molecular complexity index is 1160. The molecule has 4 heterocycles. The van der Waals surface area contributed by atoms with E-state index in [1.54, 1.807) is 6.08 Å². The number of ketones is 1. The molecule has 11 unspecified atom stereocenters. The van der Waals surface area contributed by atoms with E-state index in [2.05, 4.69) is 22.8 Å². The summed E-state index contributed by atoms with van der Waals surface area (Å²) in [5, 5.41) is 22.7. The van der Waals surface area contributed by atoms with Crippen molar-refractivity contribution in [2.45, 2.75) is 149 Å². The molecule has 0 radical (unpaired) electrons. The van der Waals surface area contributed by atoms with Crippen LogP contribution in [0, 0.1) is 29.6 Å². The van der Waals surface area contributed by atoms with E-state index in [-0.39, 0.29) is 42.1 Å². The Balaban J connectivity index is 1.65. The van der Waals surface area contributed by atoms with E-state index in [9.17, 15) is 19.8 Å². The van der Waals surface area contributed by atoms with Gasteiger partial charge < -0.3 is 39.1 Å². The molecule has 11 atom stereocenters. The summed E-state index contributed by atoms with van der Waals surface area (Å²) in [6.45, 7) is 18.0. The van der Waals surface area contributed by atoms with Crippen LogP contribution in [0.15, 0.2) is 23.8 Å². The Morgan fingerprint density at radius 2 is 1.63 bits per heavy atom. The van der Waals surface area contributed by atoms with E-state index in [4.69, 9.17) is 14.2 Å². The van der Waals surface area contributed by atoms with Crippen LogP contribution in [0.1, 0.15) is 106 Å². The number of hydrogen-bond donors (Lipinski definition) is 2. The Labute approximate surface area is 315 Å². The van der Waals surface area contributed by atoms with Crippen LogP contribution >= 0.6 is 0 Å². The number of cyclic esters (lactones) is 1. The molecule has 0 saturated carbocycles. The fourth-order valence-electron chi connectivity index (χ4n) is 8.84. The summed E-state index contributed by atoms with van der Waals surface area (Å²) in [5.41, 5.74) is 0.982. The summed E-state index contributed by atoms with van der Waals surface area (Å²) in [7, 11) is 3.90. The first-order chi connectivity index (χ1) is 24.7. The third kappa shape index (κ3) is 12.7. The highest BCUT2D eigenvalue weighted by molar-refractivity contribution is 5.91. The summed E-state index contributed by atoms with van der Waals surface area (Å²) < 4.78 is 19.4. The molecule has 0 bridgehead atoms. The van der Waals surface area contributed by atoms with Crippen LogP contribution in [0.3, 0.4) is 0 Å². The Morgan fingerprint density at radius 3 is 2.29 bits per heavy atom. The third-order valence-corrected chi connectivity index (χ3v) is 12.5. The fraction of sp³-hybridized carbons (Fsp3) is 0.857. The van der Waals surface area contributed by atoms with Crippen molar-refractivity contribution in [1.29, 1.82) is 0 Å². The molecule has 0 aromatic rings.